The number of likely N-dealkylation sites (tertiary alicyclic amines) is 1. The van der Waals surface area contributed by atoms with Gasteiger partial charge in [0.05, 0.1) is 6.54 Å². The molecule has 1 N–H and O–H groups in total. The van der Waals surface area contributed by atoms with Crippen molar-refractivity contribution in [1.82, 2.24) is 25.0 Å². The Morgan fingerprint density at radius 2 is 1.96 bits per heavy atom. The standard InChI is InChI=1S/C19H26FN5O/c1-2-10-25-14-22-23-17(25)13-21-19(26)18(24-11-4-3-5-12-24)15-6-8-16(20)9-7-15/h6-9,14,18H,2-5,10-13H2,1H3,(H,21,26)/t18-/m0/s1. The smallest absolute Gasteiger partial charge is 0.242 e. The van der Waals surface area contributed by atoms with Gasteiger partial charge in [0.2, 0.25) is 5.91 Å². The molecule has 0 aliphatic carbocycles. The van der Waals surface area contributed by atoms with Gasteiger partial charge < -0.3 is 9.88 Å². The summed E-state index contributed by atoms with van der Waals surface area (Å²) < 4.78 is 15.3. The molecule has 0 spiro atoms. The number of halogens is 1. The quantitative estimate of drug-likeness (QED) is 0.826. The first-order chi connectivity index (χ1) is 12.7. The Morgan fingerprint density at radius 3 is 2.65 bits per heavy atom. The topological polar surface area (TPSA) is 63.1 Å². The minimum atomic E-state index is -0.404. The van der Waals surface area contributed by atoms with E-state index < -0.39 is 6.04 Å². The van der Waals surface area contributed by atoms with E-state index in [9.17, 15) is 9.18 Å². The van der Waals surface area contributed by atoms with E-state index in [4.69, 9.17) is 0 Å². The second-order valence-electron chi connectivity index (χ2n) is 6.71. The molecule has 1 saturated heterocycles. The Balaban J connectivity index is 1.73. The van der Waals surface area contributed by atoms with E-state index >= 15 is 0 Å². The monoisotopic (exact) mass is 359 g/mol. The number of hydrogen-bond donors (Lipinski definition) is 1. The highest BCUT2D eigenvalue weighted by Gasteiger charge is 2.28. The molecule has 2 heterocycles. The zero-order chi connectivity index (χ0) is 18.4. The van der Waals surface area contributed by atoms with Crippen LogP contribution < -0.4 is 5.32 Å². The molecular formula is C19H26FN5O. The van der Waals surface area contributed by atoms with Crippen molar-refractivity contribution < 1.29 is 9.18 Å². The van der Waals surface area contributed by atoms with E-state index in [0.717, 1.165) is 50.3 Å². The molecule has 140 valence electrons. The van der Waals surface area contributed by atoms with E-state index in [1.54, 1.807) is 18.5 Å². The third-order valence-corrected chi connectivity index (χ3v) is 4.77. The second-order valence-corrected chi connectivity index (χ2v) is 6.71. The molecule has 1 aliphatic rings. The zero-order valence-electron chi connectivity index (χ0n) is 15.2. The van der Waals surface area contributed by atoms with E-state index in [1.807, 2.05) is 4.57 Å². The maximum Gasteiger partial charge on any atom is 0.242 e. The minimum absolute atomic E-state index is 0.0791. The van der Waals surface area contributed by atoms with Crippen molar-refractivity contribution in [3.05, 3.63) is 47.8 Å². The van der Waals surface area contributed by atoms with Gasteiger partial charge in [0.25, 0.3) is 0 Å². The van der Waals surface area contributed by atoms with Crippen LogP contribution in [0.2, 0.25) is 0 Å². The summed E-state index contributed by atoms with van der Waals surface area (Å²) in [5.41, 5.74) is 0.820. The van der Waals surface area contributed by atoms with Gasteiger partial charge in [-0.3, -0.25) is 9.69 Å². The molecule has 0 unspecified atom stereocenters. The molecule has 0 saturated carbocycles. The number of aryl methyl sites for hydroxylation is 1. The lowest BCUT2D eigenvalue weighted by molar-refractivity contribution is -0.127. The summed E-state index contributed by atoms with van der Waals surface area (Å²) in [5, 5.41) is 11.0. The van der Waals surface area contributed by atoms with Crippen molar-refractivity contribution in [2.24, 2.45) is 0 Å². The Morgan fingerprint density at radius 1 is 1.23 bits per heavy atom. The van der Waals surface area contributed by atoms with Crippen LogP contribution in [-0.4, -0.2) is 38.7 Å². The Bertz CT molecular complexity index is 709. The molecule has 1 fully saturated rings. The van der Waals surface area contributed by atoms with Crippen LogP contribution in [0.4, 0.5) is 4.39 Å². The van der Waals surface area contributed by atoms with Gasteiger partial charge >= 0.3 is 0 Å². The molecule has 1 aliphatic heterocycles. The fourth-order valence-electron chi connectivity index (χ4n) is 3.46. The van der Waals surface area contributed by atoms with Crippen LogP contribution >= 0.6 is 0 Å². The highest BCUT2D eigenvalue weighted by Crippen LogP contribution is 2.25. The second kappa shape index (κ2) is 8.89. The molecule has 7 heteroatoms. The van der Waals surface area contributed by atoms with Crippen LogP contribution in [0, 0.1) is 5.82 Å². The van der Waals surface area contributed by atoms with Crippen molar-refractivity contribution in [1.29, 1.82) is 0 Å². The number of benzene rings is 1. The maximum absolute atomic E-state index is 13.3. The molecule has 0 radical (unpaired) electrons. The SMILES string of the molecule is CCCn1cnnc1CNC(=O)[C@H](c1ccc(F)cc1)N1CCCCC1. The molecule has 3 rings (SSSR count). The lowest BCUT2D eigenvalue weighted by atomic mass is 10.0. The van der Waals surface area contributed by atoms with Crippen molar-refractivity contribution in [2.45, 2.75) is 51.7 Å². The first-order valence-electron chi connectivity index (χ1n) is 9.33. The van der Waals surface area contributed by atoms with Gasteiger partial charge in [-0.25, -0.2) is 4.39 Å². The van der Waals surface area contributed by atoms with Crippen LogP contribution in [0.1, 0.15) is 50.0 Å². The van der Waals surface area contributed by atoms with Gasteiger partial charge in [-0.2, -0.15) is 0 Å². The third kappa shape index (κ3) is 4.46. The average molecular weight is 359 g/mol. The lowest BCUT2D eigenvalue weighted by Gasteiger charge is -2.33. The molecule has 1 atom stereocenters. The molecule has 1 amide bonds. The van der Waals surface area contributed by atoms with Gasteiger partial charge in [-0.1, -0.05) is 25.5 Å². The highest BCUT2D eigenvalue weighted by atomic mass is 19.1. The number of rotatable bonds is 7. The van der Waals surface area contributed by atoms with Crippen molar-refractivity contribution in [3.8, 4) is 0 Å². The molecule has 26 heavy (non-hydrogen) atoms. The van der Waals surface area contributed by atoms with Crippen molar-refractivity contribution in [3.63, 3.8) is 0 Å². The molecule has 1 aromatic carbocycles. The average Bonchev–Trinajstić information content (AvgIpc) is 3.10. The Labute approximate surface area is 153 Å². The number of carbonyl (C=O) groups excluding carboxylic acids is 1. The van der Waals surface area contributed by atoms with Crippen LogP contribution in [0.3, 0.4) is 0 Å². The van der Waals surface area contributed by atoms with Crippen LogP contribution in [0.15, 0.2) is 30.6 Å². The van der Waals surface area contributed by atoms with Crippen LogP contribution in [0.25, 0.3) is 0 Å². The molecule has 0 bridgehead atoms. The van der Waals surface area contributed by atoms with E-state index in [0.29, 0.717) is 6.54 Å². The molecule has 1 aromatic heterocycles. The first-order valence-corrected chi connectivity index (χ1v) is 9.33. The van der Waals surface area contributed by atoms with E-state index in [1.165, 1.54) is 18.6 Å². The van der Waals surface area contributed by atoms with E-state index in [-0.39, 0.29) is 11.7 Å². The van der Waals surface area contributed by atoms with Crippen LogP contribution in [0.5, 0.6) is 0 Å². The normalized spacial score (nSPS) is 16.4. The van der Waals surface area contributed by atoms with Gasteiger partial charge in [-0.05, 0) is 50.0 Å². The zero-order valence-corrected chi connectivity index (χ0v) is 15.2. The van der Waals surface area contributed by atoms with Gasteiger partial charge in [0.15, 0.2) is 5.82 Å². The minimum Gasteiger partial charge on any atom is -0.347 e. The highest BCUT2D eigenvalue weighted by molar-refractivity contribution is 5.83. The Kier molecular flexibility index (Phi) is 6.33. The number of amides is 1. The Hall–Kier alpha value is -2.28. The van der Waals surface area contributed by atoms with Gasteiger partial charge in [0.1, 0.15) is 18.2 Å². The number of nitrogens with one attached hydrogen (secondary N) is 1. The molecule has 6 nitrogen and oxygen atoms in total. The summed E-state index contributed by atoms with van der Waals surface area (Å²) in [6, 6.07) is 5.83. The fraction of sp³-hybridized carbons (Fsp3) is 0.526. The lowest BCUT2D eigenvalue weighted by Crippen LogP contribution is -2.43. The predicted molar refractivity (Wildman–Crippen MR) is 96.7 cm³/mol. The number of carbonyl (C=O) groups is 1. The number of nitrogens with zero attached hydrogens (tertiary/aromatic N) is 4. The third-order valence-electron chi connectivity index (χ3n) is 4.77. The molecular weight excluding hydrogens is 333 g/mol. The van der Waals surface area contributed by atoms with Crippen LogP contribution in [-0.2, 0) is 17.9 Å². The summed E-state index contributed by atoms with van der Waals surface area (Å²) >= 11 is 0. The number of piperidine rings is 1. The largest absolute Gasteiger partial charge is 0.347 e. The summed E-state index contributed by atoms with van der Waals surface area (Å²) in [6.07, 6.45) is 6.01. The summed E-state index contributed by atoms with van der Waals surface area (Å²) in [5.74, 6) is 0.375. The van der Waals surface area contributed by atoms with E-state index in [2.05, 4.69) is 27.3 Å². The summed E-state index contributed by atoms with van der Waals surface area (Å²) in [6.45, 7) is 5.00. The fourth-order valence-corrected chi connectivity index (χ4v) is 3.46. The first kappa shape index (κ1) is 18.5. The van der Waals surface area contributed by atoms with Crippen molar-refractivity contribution >= 4 is 5.91 Å². The number of hydrogen-bond acceptors (Lipinski definition) is 4. The maximum atomic E-state index is 13.3. The van der Waals surface area contributed by atoms with Gasteiger partial charge in [-0.15, -0.1) is 10.2 Å². The van der Waals surface area contributed by atoms with Gasteiger partial charge in [0, 0.05) is 6.54 Å². The molecule has 2 aromatic rings. The summed E-state index contributed by atoms with van der Waals surface area (Å²) in [4.78, 5) is 15.2. The van der Waals surface area contributed by atoms with Crippen molar-refractivity contribution in [2.75, 3.05) is 13.1 Å². The number of aromatic nitrogens is 3. The predicted octanol–water partition coefficient (Wildman–Crippen LogP) is 2.67. The summed E-state index contributed by atoms with van der Waals surface area (Å²) in [7, 11) is 0.